The Balaban J connectivity index is 1.61. The van der Waals surface area contributed by atoms with Gasteiger partial charge in [0.1, 0.15) is 0 Å². The smallest absolute Gasteiger partial charge is 0.270 e. The lowest BCUT2D eigenvalue weighted by Gasteiger charge is -2.11. The molecule has 150 valence electrons. The zero-order valence-corrected chi connectivity index (χ0v) is 16.2. The summed E-state index contributed by atoms with van der Waals surface area (Å²) in [6.45, 7) is 1.73. The van der Waals surface area contributed by atoms with Crippen molar-refractivity contribution in [2.45, 2.75) is 25.7 Å². The van der Waals surface area contributed by atoms with Crippen LogP contribution in [0.15, 0.2) is 36.4 Å². The number of nitrogens with two attached hydrogens (primary N) is 6. The van der Waals surface area contributed by atoms with E-state index in [-0.39, 0.29) is 11.7 Å². The Morgan fingerprint density at radius 1 is 0.679 bits per heavy atom. The molecule has 0 heterocycles. The van der Waals surface area contributed by atoms with Gasteiger partial charge in [-0.3, -0.25) is 22.3 Å². The second-order valence-electron chi connectivity index (χ2n) is 6.78. The van der Waals surface area contributed by atoms with Gasteiger partial charge >= 0.3 is 0 Å². The molecule has 0 aliphatic carbocycles. The van der Waals surface area contributed by atoms with Crippen LogP contribution in [0.1, 0.15) is 36.8 Å². The molecule has 0 fully saturated rings. The molecule has 2 aromatic carbocycles. The van der Waals surface area contributed by atoms with Crippen molar-refractivity contribution in [2.24, 2.45) is 11.5 Å². The lowest BCUT2D eigenvalue weighted by molar-refractivity contribution is -0.115. The van der Waals surface area contributed by atoms with Crippen LogP contribution in [0.25, 0.3) is 0 Å². The molecule has 0 saturated heterocycles. The summed E-state index contributed by atoms with van der Waals surface area (Å²) in [5.41, 5.74) is 27.8. The topological polar surface area (TPSA) is 179 Å². The van der Waals surface area contributed by atoms with Gasteiger partial charge in [0.25, 0.3) is 11.7 Å². The van der Waals surface area contributed by atoms with E-state index in [0.29, 0.717) is 11.4 Å². The monoisotopic (exact) mass is 384 g/mol. The fraction of sp³-hybridized carbons (Fsp3) is 0.300. The van der Waals surface area contributed by atoms with Crippen LogP contribution < -0.4 is 44.4 Å². The van der Waals surface area contributed by atoms with Gasteiger partial charge in [-0.2, -0.15) is 0 Å². The molecule has 0 radical (unpaired) electrons. The van der Waals surface area contributed by atoms with E-state index in [1.165, 1.54) is 0 Å². The van der Waals surface area contributed by atoms with E-state index in [1.54, 1.807) is 12.1 Å². The number of hydrogen-bond donors (Lipinski definition) is 8. The fourth-order valence-corrected chi connectivity index (χ4v) is 2.86. The SMILES string of the molecule is NC(=[NH2+])c1ccc(NCCCCCCNc2ccc(C(N)=[NH2+])cc2N)c(N)c1. The first-order valence-corrected chi connectivity index (χ1v) is 9.42. The van der Waals surface area contributed by atoms with Crippen LogP contribution >= 0.6 is 0 Å². The molecule has 0 saturated carbocycles. The summed E-state index contributed by atoms with van der Waals surface area (Å²) in [5, 5.41) is 17.8. The third kappa shape index (κ3) is 6.08. The highest BCUT2D eigenvalue weighted by molar-refractivity contribution is 5.95. The quantitative estimate of drug-likeness (QED) is 0.105. The molecule has 0 aliphatic rings. The summed E-state index contributed by atoms with van der Waals surface area (Å²) < 4.78 is 0. The van der Waals surface area contributed by atoms with Gasteiger partial charge in [0.2, 0.25) is 0 Å². The molecule has 0 aromatic heterocycles. The number of anilines is 4. The summed E-state index contributed by atoms with van der Waals surface area (Å²) in [4.78, 5) is 0. The van der Waals surface area contributed by atoms with Crippen LogP contribution in [0.3, 0.4) is 0 Å². The minimum atomic E-state index is 0.270. The molecular weight excluding hydrogens is 352 g/mol. The van der Waals surface area contributed by atoms with Crippen molar-refractivity contribution in [3.8, 4) is 0 Å². The summed E-state index contributed by atoms with van der Waals surface area (Å²) in [6, 6.07) is 11.1. The maximum atomic E-state index is 6.01. The molecular formula is C20H32N8+2. The predicted molar refractivity (Wildman–Crippen MR) is 118 cm³/mol. The van der Waals surface area contributed by atoms with Gasteiger partial charge in [0, 0.05) is 13.1 Å². The van der Waals surface area contributed by atoms with Crippen molar-refractivity contribution in [3.63, 3.8) is 0 Å². The maximum Gasteiger partial charge on any atom is 0.270 e. The summed E-state index contributed by atoms with van der Waals surface area (Å²) in [5.74, 6) is 0.540. The van der Waals surface area contributed by atoms with Gasteiger partial charge in [0.05, 0.1) is 33.9 Å². The highest BCUT2D eigenvalue weighted by atomic mass is 14.9. The van der Waals surface area contributed by atoms with Gasteiger partial charge in [-0.25, -0.2) is 0 Å². The van der Waals surface area contributed by atoms with Crippen molar-refractivity contribution < 1.29 is 10.8 Å². The molecule has 0 aliphatic heterocycles. The Bertz CT molecular complexity index is 761. The first kappa shape index (κ1) is 20.9. The van der Waals surface area contributed by atoms with Gasteiger partial charge in [-0.05, 0) is 49.2 Å². The van der Waals surface area contributed by atoms with E-state index in [2.05, 4.69) is 10.6 Å². The second kappa shape index (κ2) is 10.1. The third-order valence-electron chi connectivity index (χ3n) is 4.50. The van der Waals surface area contributed by atoms with Crippen molar-refractivity contribution in [1.29, 1.82) is 0 Å². The molecule has 2 aromatic rings. The van der Waals surface area contributed by atoms with E-state index in [9.17, 15) is 0 Å². The van der Waals surface area contributed by atoms with Crippen LogP contribution in [0.5, 0.6) is 0 Å². The number of benzene rings is 2. The van der Waals surface area contributed by atoms with Crippen molar-refractivity contribution >= 4 is 34.4 Å². The van der Waals surface area contributed by atoms with Gasteiger partial charge in [-0.15, -0.1) is 0 Å². The van der Waals surface area contributed by atoms with E-state index < -0.39 is 0 Å². The van der Waals surface area contributed by atoms with Crippen molar-refractivity contribution in [1.82, 2.24) is 0 Å². The molecule has 0 atom stereocenters. The Morgan fingerprint density at radius 3 is 1.39 bits per heavy atom. The number of nitrogens with one attached hydrogen (secondary N) is 2. The minimum absolute atomic E-state index is 0.270. The van der Waals surface area contributed by atoms with Crippen molar-refractivity contribution in [3.05, 3.63) is 47.5 Å². The van der Waals surface area contributed by atoms with Crippen LogP contribution in [0.4, 0.5) is 22.7 Å². The predicted octanol–water partition coefficient (Wildman–Crippen LogP) is -1.14. The molecule has 8 nitrogen and oxygen atoms in total. The molecule has 0 spiro atoms. The first-order valence-electron chi connectivity index (χ1n) is 9.42. The Morgan fingerprint density at radius 2 is 1.07 bits per heavy atom. The number of rotatable bonds is 11. The molecule has 0 amide bonds. The maximum absolute atomic E-state index is 6.01. The Labute approximate surface area is 165 Å². The number of unbranched alkanes of at least 4 members (excludes halogenated alkanes) is 3. The summed E-state index contributed by atoms with van der Waals surface area (Å²) in [6.07, 6.45) is 4.39. The number of nitrogen functional groups attached to an aromatic ring is 2. The van der Waals surface area contributed by atoms with Crippen LogP contribution in [-0.4, -0.2) is 24.8 Å². The molecule has 8 heteroatoms. The summed E-state index contributed by atoms with van der Waals surface area (Å²) in [7, 11) is 0. The lowest BCUT2D eigenvalue weighted by atomic mass is 10.1. The zero-order chi connectivity index (χ0) is 20.5. The van der Waals surface area contributed by atoms with Crippen molar-refractivity contribution in [2.75, 3.05) is 35.2 Å². The van der Waals surface area contributed by atoms with Crippen LogP contribution in [-0.2, 0) is 0 Å². The largest absolute Gasteiger partial charge is 0.397 e. The molecule has 28 heavy (non-hydrogen) atoms. The molecule has 14 N–H and O–H groups in total. The Hall–Kier alpha value is -3.42. The van der Waals surface area contributed by atoms with E-state index in [4.69, 9.17) is 33.8 Å². The molecule has 2 rings (SSSR count). The first-order chi connectivity index (χ1) is 13.4. The fourth-order valence-electron chi connectivity index (χ4n) is 2.86. The molecule has 0 bridgehead atoms. The van der Waals surface area contributed by atoms with Gasteiger partial charge < -0.3 is 22.1 Å². The Kier molecular flexibility index (Phi) is 7.50. The van der Waals surface area contributed by atoms with E-state index >= 15 is 0 Å². The summed E-state index contributed by atoms with van der Waals surface area (Å²) >= 11 is 0. The normalized spacial score (nSPS) is 10.4. The highest BCUT2D eigenvalue weighted by Gasteiger charge is 2.06. The number of hydrogen-bond acceptors (Lipinski definition) is 4. The highest BCUT2D eigenvalue weighted by Crippen LogP contribution is 2.20. The number of amidine groups is 2. The minimum Gasteiger partial charge on any atom is -0.397 e. The van der Waals surface area contributed by atoms with Crippen LogP contribution in [0, 0.1) is 0 Å². The molecule has 0 unspecified atom stereocenters. The van der Waals surface area contributed by atoms with E-state index in [0.717, 1.165) is 61.3 Å². The van der Waals surface area contributed by atoms with E-state index in [1.807, 2.05) is 24.3 Å². The third-order valence-corrected chi connectivity index (χ3v) is 4.50. The lowest BCUT2D eigenvalue weighted by Crippen LogP contribution is -2.46. The standard InChI is InChI=1S/C20H30N8/c21-15-11-13(19(23)24)5-7-17(15)27-9-3-1-2-4-10-28-18-8-6-14(20(25)26)12-16(18)22/h5-8,11-12,27-28H,1-4,9-10,21-22H2,(H3,23,24)(H3,25,26)/p+2. The van der Waals surface area contributed by atoms with Gasteiger partial charge in [0.15, 0.2) is 0 Å². The van der Waals surface area contributed by atoms with Gasteiger partial charge in [-0.1, -0.05) is 12.8 Å². The average Bonchev–Trinajstić information content (AvgIpc) is 2.65. The second-order valence-corrected chi connectivity index (χ2v) is 6.78. The average molecular weight is 385 g/mol. The zero-order valence-electron chi connectivity index (χ0n) is 16.2. The van der Waals surface area contributed by atoms with Crippen LogP contribution in [0.2, 0.25) is 0 Å².